The Kier molecular flexibility index (Phi) is 7.13. The lowest BCUT2D eigenvalue weighted by Crippen LogP contribution is -2.11. The second-order valence-electron chi connectivity index (χ2n) is 6.51. The van der Waals surface area contributed by atoms with Crippen molar-refractivity contribution in [3.05, 3.63) is 74.0 Å². The number of hydrogen-bond donors (Lipinski definition) is 0. The summed E-state index contributed by atoms with van der Waals surface area (Å²) in [5.41, 5.74) is 2.82. The summed E-state index contributed by atoms with van der Waals surface area (Å²) in [6.07, 6.45) is 5.23. The van der Waals surface area contributed by atoms with E-state index in [4.69, 9.17) is 11.2 Å². The Morgan fingerprint density at radius 3 is 2.63 bits per heavy atom. The van der Waals surface area contributed by atoms with Crippen molar-refractivity contribution < 1.29 is 9.66 Å². The van der Waals surface area contributed by atoms with Crippen LogP contribution in [0.5, 0.6) is 5.75 Å². The normalized spacial score (nSPS) is 11.7. The lowest BCUT2D eigenvalue weighted by molar-refractivity contribution is -0.479. The van der Waals surface area contributed by atoms with Gasteiger partial charge in [0, 0.05) is 10.6 Å². The number of terminal acetylenes is 1. The average molecular weight is 487 g/mol. The molecular weight excluding hydrogens is 468 g/mol. The Hall–Kier alpha value is -2.83. The molecule has 3 aromatic rings. The maximum atomic E-state index is 11.4. The minimum absolute atomic E-state index is 0.143. The van der Waals surface area contributed by atoms with Crippen molar-refractivity contribution in [1.82, 2.24) is 14.8 Å². The predicted molar refractivity (Wildman–Crippen MR) is 120 cm³/mol. The highest BCUT2D eigenvalue weighted by molar-refractivity contribution is 9.10. The van der Waals surface area contributed by atoms with Crippen LogP contribution in [0.15, 0.2) is 52.1 Å². The first-order valence-corrected chi connectivity index (χ1v) is 10.7. The van der Waals surface area contributed by atoms with Gasteiger partial charge in [-0.3, -0.25) is 14.7 Å². The molecular formula is C21H19BrN4O3S. The van der Waals surface area contributed by atoms with Crippen LogP contribution in [0.1, 0.15) is 22.2 Å². The first-order chi connectivity index (χ1) is 14.4. The van der Waals surface area contributed by atoms with Gasteiger partial charge in [-0.25, -0.2) is 0 Å². The summed E-state index contributed by atoms with van der Waals surface area (Å²) in [7, 11) is 0. The standard InChI is InChI=1S/C21H19BrN4O3S/c1-4-11-29-19-10-7-16(12-18(19)22)20(13-25(27)28)30-21-24-23-15(3)26(21)17-8-5-14(2)6-9-17/h1,5-10,12,20H,11,13H2,2-3H3/t20-/m0/s1. The number of benzene rings is 2. The number of ether oxygens (including phenoxy) is 1. The maximum Gasteiger partial charge on any atom is 0.220 e. The molecule has 0 aliphatic heterocycles. The van der Waals surface area contributed by atoms with Crippen LogP contribution in [-0.2, 0) is 0 Å². The van der Waals surface area contributed by atoms with E-state index in [1.165, 1.54) is 11.8 Å². The molecule has 3 rings (SSSR count). The number of rotatable bonds is 8. The Balaban J connectivity index is 1.93. The second-order valence-corrected chi connectivity index (χ2v) is 8.53. The zero-order valence-electron chi connectivity index (χ0n) is 16.4. The fraction of sp³-hybridized carbons (Fsp3) is 0.238. The third kappa shape index (κ3) is 5.20. The summed E-state index contributed by atoms with van der Waals surface area (Å²) in [5.74, 6) is 3.70. The summed E-state index contributed by atoms with van der Waals surface area (Å²) in [5, 5.41) is 19.9. The predicted octanol–water partition coefficient (Wildman–Crippen LogP) is 4.77. The maximum absolute atomic E-state index is 11.4. The van der Waals surface area contributed by atoms with Gasteiger partial charge in [-0.1, -0.05) is 41.4 Å². The molecule has 9 heteroatoms. The van der Waals surface area contributed by atoms with Gasteiger partial charge in [0.2, 0.25) is 6.54 Å². The van der Waals surface area contributed by atoms with Crippen molar-refractivity contribution in [3.63, 3.8) is 0 Å². The third-order valence-corrected chi connectivity index (χ3v) is 6.09. The third-order valence-electron chi connectivity index (χ3n) is 4.29. The first kappa shape index (κ1) is 21.9. The van der Waals surface area contributed by atoms with E-state index in [2.05, 4.69) is 32.0 Å². The Morgan fingerprint density at radius 1 is 1.27 bits per heavy atom. The molecule has 0 radical (unpaired) electrons. The summed E-state index contributed by atoms with van der Waals surface area (Å²) in [6.45, 7) is 3.75. The van der Waals surface area contributed by atoms with Gasteiger partial charge in [0.1, 0.15) is 23.4 Å². The van der Waals surface area contributed by atoms with E-state index in [1.54, 1.807) is 12.1 Å². The van der Waals surface area contributed by atoms with Crippen molar-refractivity contribution in [2.75, 3.05) is 13.2 Å². The van der Waals surface area contributed by atoms with Crippen molar-refractivity contribution >= 4 is 27.7 Å². The molecule has 2 aromatic carbocycles. The molecule has 154 valence electrons. The highest BCUT2D eigenvalue weighted by atomic mass is 79.9. The van der Waals surface area contributed by atoms with E-state index in [-0.39, 0.29) is 18.1 Å². The monoisotopic (exact) mass is 486 g/mol. The zero-order valence-corrected chi connectivity index (χ0v) is 18.8. The molecule has 0 amide bonds. The fourth-order valence-corrected chi connectivity index (χ4v) is 4.51. The summed E-state index contributed by atoms with van der Waals surface area (Å²) < 4.78 is 8.04. The van der Waals surface area contributed by atoms with Crippen LogP contribution in [0, 0.1) is 36.3 Å². The van der Waals surface area contributed by atoms with Crippen molar-refractivity contribution in [2.24, 2.45) is 0 Å². The molecule has 0 aliphatic rings. The lowest BCUT2D eigenvalue weighted by Gasteiger charge is -2.15. The number of nitro groups is 1. The van der Waals surface area contributed by atoms with Crippen molar-refractivity contribution in [3.8, 4) is 23.8 Å². The van der Waals surface area contributed by atoms with Crippen LogP contribution >= 0.6 is 27.7 Å². The molecule has 0 bridgehead atoms. The number of aromatic nitrogens is 3. The second kappa shape index (κ2) is 9.78. The quantitative estimate of drug-likeness (QED) is 0.197. The molecule has 1 heterocycles. The molecule has 0 N–H and O–H groups in total. The van der Waals surface area contributed by atoms with Crippen molar-refractivity contribution in [2.45, 2.75) is 24.3 Å². The van der Waals surface area contributed by atoms with E-state index in [9.17, 15) is 10.1 Å². The summed E-state index contributed by atoms with van der Waals surface area (Å²) in [4.78, 5) is 11.0. The molecule has 0 saturated heterocycles. The highest BCUT2D eigenvalue weighted by Crippen LogP contribution is 2.38. The minimum atomic E-state index is -0.467. The molecule has 7 nitrogen and oxygen atoms in total. The number of halogens is 1. The summed E-state index contributed by atoms with van der Waals surface area (Å²) in [6, 6.07) is 13.3. The van der Waals surface area contributed by atoms with Crippen LogP contribution in [0.4, 0.5) is 0 Å². The molecule has 1 atom stereocenters. The summed E-state index contributed by atoms with van der Waals surface area (Å²) >= 11 is 4.76. The van der Waals surface area contributed by atoms with Gasteiger partial charge in [-0.05, 0) is 59.6 Å². The molecule has 30 heavy (non-hydrogen) atoms. The molecule has 1 aromatic heterocycles. The fourth-order valence-electron chi connectivity index (χ4n) is 2.84. The smallest absolute Gasteiger partial charge is 0.220 e. The number of hydrogen-bond acceptors (Lipinski definition) is 6. The van der Waals surface area contributed by atoms with Gasteiger partial charge in [0.25, 0.3) is 0 Å². The number of thioether (sulfide) groups is 1. The molecule has 0 aliphatic carbocycles. The van der Waals surface area contributed by atoms with Crippen LogP contribution in [0.25, 0.3) is 5.69 Å². The van der Waals surface area contributed by atoms with Crippen LogP contribution < -0.4 is 4.74 Å². The zero-order chi connectivity index (χ0) is 21.7. The van der Waals surface area contributed by atoms with Gasteiger partial charge in [-0.2, -0.15) is 0 Å². The molecule has 0 saturated carbocycles. The van der Waals surface area contributed by atoms with Gasteiger partial charge in [-0.15, -0.1) is 16.6 Å². The SMILES string of the molecule is C#CCOc1ccc([C@H](C[N+](=O)[O-])Sc2nnc(C)n2-c2ccc(C)cc2)cc1Br. The Labute approximate surface area is 187 Å². The number of aryl methyl sites for hydroxylation is 2. The molecule has 0 fully saturated rings. The first-order valence-electron chi connectivity index (χ1n) is 9.02. The Morgan fingerprint density at radius 2 is 2.00 bits per heavy atom. The van der Waals surface area contributed by atoms with Crippen LogP contribution in [0.2, 0.25) is 0 Å². The molecule has 0 spiro atoms. The van der Waals surface area contributed by atoms with E-state index in [0.717, 1.165) is 16.8 Å². The van der Waals surface area contributed by atoms with Gasteiger partial charge >= 0.3 is 0 Å². The highest BCUT2D eigenvalue weighted by Gasteiger charge is 2.24. The van der Waals surface area contributed by atoms with Crippen LogP contribution in [-0.4, -0.2) is 32.8 Å². The van der Waals surface area contributed by atoms with E-state index >= 15 is 0 Å². The lowest BCUT2D eigenvalue weighted by atomic mass is 10.1. The van der Waals surface area contributed by atoms with Gasteiger partial charge in [0.15, 0.2) is 5.16 Å². The average Bonchev–Trinajstić information content (AvgIpc) is 3.07. The van der Waals surface area contributed by atoms with Crippen molar-refractivity contribution in [1.29, 1.82) is 0 Å². The largest absolute Gasteiger partial charge is 0.480 e. The van der Waals surface area contributed by atoms with Gasteiger partial charge < -0.3 is 4.74 Å². The minimum Gasteiger partial charge on any atom is -0.480 e. The topological polar surface area (TPSA) is 83.1 Å². The van der Waals surface area contributed by atoms with Crippen LogP contribution in [0.3, 0.4) is 0 Å². The van der Waals surface area contributed by atoms with E-state index in [0.29, 0.717) is 21.2 Å². The van der Waals surface area contributed by atoms with E-state index in [1.807, 2.05) is 48.7 Å². The Bertz CT molecular complexity index is 1090. The number of nitrogens with zero attached hydrogens (tertiary/aromatic N) is 4. The van der Waals surface area contributed by atoms with E-state index < -0.39 is 5.25 Å². The van der Waals surface area contributed by atoms with Gasteiger partial charge in [0.05, 0.1) is 4.47 Å². The molecule has 0 unspecified atom stereocenters.